The summed E-state index contributed by atoms with van der Waals surface area (Å²) in [5.41, 5.74) is 2.08. The number of benzene rings is 2. The third-order valence-corrected chi connectivity index (χ3v) is 4.43. The molecular weight excluding hydrogens is 367 g/mol. The number of imidazole rings is 1. The SMILES string of the molecule is Clc1ccc(COc2nccn2CCc2ccc(Cl)cc2Cl)cc1. The van der Waals surface area contributed by atoms with Crippen molar-refractivity contribution in [3.8, 4) is 6.01 Å². The van der Waals surface area contributed by atoms with Crippen LogP contribution in [0.1, 0.15) is 11.1 Å². The molecule has 0 aliphatic carbocycles. The van der Waals surface area contributed by atoms with Crippen molar-refractivity contribution < 1.29 is 4.74 Å². The second kappa shape index (κ2) is 7.93. The highest BCUT2D eigenvalue weighted by atomic mass is 35.5. The quantitative estimate of drug-likeness (QED) is 0.550. The van der Waals surface area contributed by atoms with Gasteiger partial charge in [-0.3, -0.25) is 0 Å². The molecule has 0 bridgehead atoms. The summed E-state index contributed by atoms with van der Waals surface area (Å²) in [7, 11) is 0. The molecule has 6 heteroatoms. The minimum absolute atomic E-state index is 0.440. The first-order chi connectivity index (χ1) is 11.6. The molecule has 3 rings (SSSR count). The summed E-state index contributed by atoms with van der Waals surface area (Å²) in [6, 6.07) is 13.7. The van der Waals surface area contributed by atoms with E-state index in [1.807, 2.05) is 47.2 Å². The summed E-state index contributed by atoms with van der Waals surface area (Å²) in [5, 5.41) is 2.02. The molecule has 24 heavy (non-hydrogen) atoms. The maximum Gasteiger partial charge on any atom is 0.296 e. The van der Waals surface area contributed by atoms with Crippen LogP contribution in [-0.2, 0) is 19.6 Å². The van der Waals surface area contributed by atoms with Crippen molar-refractivity contribution in [1.82, 2.24) is 9.55 Å². The van der Waals surface area contributed by atoms with E-state index in [4.69, 9.17) is 39.5 Å². The Morgan fingerprint density at radius 3 is 2.46 bits per heavy atom. The summed E-state index contributed by atoms with van der Waals surface area (Å²) in [4.78, 5) is 4.26. The molecule has 124 valence electrons. The van der Waals surface area contributed by atoms with Crippen LogP contribution in [0.2, 0.25) is 15.1 Å². The molecule has 2 aromatic carbocycles. The summed E-state index contributed by atoms with van der Waals surface area (Å²) in [6.45, 7) is 1.16. The van der Waals surface area contributed by atoms with Crippen LogP contribution in [0.25, 0.3) is 0 Å². The van der Waals surface area contributed by atoms with Crippen LogP contribution in [-0.4, -0.2) is 9.55 Å². The number of hydrogen-bond donors (Lipinski definition) is 0. The molecule has 3 nitrogen and oxygen atoms in total. The average molecular weight is 382 g/mol. The third-order valence-electron chi connectivity index (χ3n) is 3.60. The van der Waals surface area contributed by atoms with Gasteiger partial charge in [0, 0.05) is 34.0 Å². The second-order valence-electron chi connectivity index (χ2n) is 5.30. The van der Waals surface area contributed by atoms with Gasteiger partial charge in [-0.2, -0.15) is 0 Å². The monoisotopic (exact) mass is 380 g/mol. The largest absolute Gasteiger partial charge is 0.460 e. The lowest BCUT2D eigenvalue weighted by molar-refractivity contribution is 0.266. The number of aryl methyl sites for hydroxylation is 2. The lowest BCUT2D eigenvalue weighted by Crippen LogP contribution is -2.06. The number of rotatable bonds is 6. The van der Waals surface area contributed by atoms with Crippen molar-refractivity contribution in [3.63, 3.8) is 0 Å². The van der Waals surface area contributed by atoms with Crippen LogP contribution in [0, 0.1) is 0 Å². The molecule has 0 saturated heterocycles. The summed E-state index contributed by atoms with van der Waals surface area (Å²) in [5.74, 6) is 0. The van der Waals surface area contributed by atoms with Crippen molar-refractivity contribution in [2.45, 2.75) is 19.6 Å². The van der Waals surface area contributed by atoms with Crippen molar-refractivity contribution in [2.24, 2.45) is 0 Å². The van der Waals surface area contributed by atoms with Gasteiger partial charge in [0.05, 0.1) is 0 Å². The molecule has 0 N–H and O–H groups in total. The van der Waals surface area contributed by atoms with Crippen LogP contribution in [0.15, 0.2) is 54.9 Å². The Bertz CT molecular complexity index is 815. The van der Waals surface area contributed by atoms with Gasteiger partial charge in [-0.05, 0) is 41.8 Å². The van der Waals surface area contributed by atoms with Gasteiger partial charge in [-0.1, -0.05) is 53.0 Å². The number of halogens is 3. The van der Waals surface area contributed by atoms with E-state index in [1.54, 1.807) is 12.3 Å². The average Bonchev–Trinajstić information content (AvgIpc) is 3.01. The Hall–Kier alpha value is -1.68. The van der Waals surface area contributed by atoms with Crippen molar-refractivity contribution in [3.05, 3.63) is 81.1 Å². The van der Waals surface area contributed by atoms with Gasteiger partial charge in [-0.15, -0.1) is 0 Å². The highest BCUT2D eigenvalue weighted by Crippen LogP contribution is 2.22. The van der Waals surface area contributed by atoms with Gasteiger partial charge >= 0.3 is 0 Å². The lowest BCUT2D eigenvalue weighted by atomic mass is 10.1. The second-order valence-corrected chi connectivity index (χ2v) is 6.58. The fraction of sp³-hybridized carbons (Fsp3) is 0.167. The van der Waals surface area contributed by atoms with Gasteiger partial charge in [0.2, 0.25) is 0 Å². The van der Waals surface area contributed by atoms with Crippen molar-refractivity contribution >= 4 is 34.8 Å². The van der Waals surface area contributed by atoms with E-state index in [0.717, 1.165) is 24.1 Å². The Balaban J connectivity index is 1.61. The fourth-order valence-electron chi connectivity index (χ4n) is 2.30. The van der Waals surface area contributed by atoms with Crippen LogP contribution in [0.4, 0.5) is 0 Å². The zero-order valence-corrected chi connectivity index (χ0v) is 15.0. The topological polar surface area (TPSA) is 27.1 Å². The summed E-state index contributed by atoms with van der Waals surface area (Å²) < 4.78 is 7.75. The van der Waals surface area contributed by atoms with Crippen LogP contribution < -0.4 is 4.74 Å². The third kappa shape index (κ3) is 4.44. The van der Waals surface area contributed by atoms with Crippen molar-refractivity contribution in [2.75, 3.05) is 0 Å². The molecular formula is C18H15Cl3N2O. The predicted molar refractivity (Wildman–Crippen MR) is 98.2 cm³/mol. The zero-order chi connectivity index (χ0) is 16.9. The van der Waals surface area contributed by atoms with E-state index < -0.39 is 0 Å². The molecule has 0 spiro atoms. The molecule has 0 radical (unpaired) electrons. The van der Waals surface area contributed by atoms with Gasteiger partial charge in [-0.25, -0.2) is 4.98 Å². The normalized spacial score (nSPS) is 10.8. The zero-order valence-electron chi connectivity index (χ0n) is 12.8. The molecule has 0 aliphatic rings. The number of aromatic nitrogens is 2. The molecule has 1 aromatic heterocycles. The Labute approximate surface area is 155 Å². The first-order valence-electron chi connectivity index (χ1n) is 7.44. The van der Waals surface area contributed by atoms with Crippen LogP contribution in [0.5, 0.6) is 6.01 Å². The molecule has 0 fully saturated rings. The van der Waals surface area contributed by atoms with Crippen molar-refractivity contribution in [1.29, 1.82) is 0 Å². The minimum atomic E-state index is 0.440. The van der Waals surface area contributed by atoms with E-state index in [2.05, 4.69) is 4.98 Å². The molecule has 0 saturated carbocycles. The maximum atomic E-state index is 6.21. The Morgan fingerprint density at radius 1 is 0.958 bits per heavy atom. The van der Waals surface area contributed by atoms with E-state index >= 15 is 0 Å². The molecule has 0 atom stereocenters. The van der Waals surface area contributed by atoms with Gasteiger partial charge in [0.1, 0.15) is 6.61 Å². The Kier molecular flexibility index (Phi) is 5.67. The smallest absolute Gasteiger partial charge is 0.296 e. The highest BCUT2D eigenvalue weighted by Gasteiger charge is 2.07. The molecule has 0 amide bonds. The standard InChI is InChI=1S/C18H15Cl3N2O/c19-15-4-1-13(2-5-15)12-24-18-22-8-10-23(18)9-7-14-3-6-16(20)11-17(14)21/h1-6,8,10-11H,7,9,12H2. The van der Waals surface area contributed by atoms with Crippen LogP contribution in [0.3, 0.4) is 0 Å². The molecule has 0 aliphatic heterocycles. The molecule has 1 heterocycles. The first-order valence-corrected chi connectivity index (χ1v) is 8.57. The molecule has 0 unspecified atom stereocenters. The summed E-state index contributed by atoms with van der Waals surface area (Å²) in [6.07, 6.45) is 4.38. The van der Waals surface area contributed by atoms with Crippen LogP contribution >= 0.6 is 34.8 Å². The van der Waals surface area contributed by atoms with Gasteiger partial charge in [0.25, 0.3) is 6.01 Å². The first kappa shape index (κ1) is 17.2. The lowest BCUT2D eigenvalue weighted by Gasteiger charge is -2.10. The number of nitrogens with zero attached hydrogens (tertiary/aromatic N) is 2. The summed E-state index contributed by atoms with van der Waals surface area (Å²) >= 11 is 18.0. The minimum Gasteiger partial charge on any atom is -0.460 e. The number of ether oxygens (including phenoxy) is 1. The molecule has 3 aromatic rings. The van der Waals surface area contributed by atoms with E-state index in [0.29, 0.717) is 27.7 Å². The van der Waals surface area contributed by atoms with Gasteiger partial charge < -0.3 is 9.30 Å². The maximum absolute atomic E-state index is 6.21. The Morgan fingerprint density at radius 2 is 1.71 bits per heavy atom. The van der Waals surface area contributed by atoms with E-state index in [-0.39, 0.29) is 0 Å². The van der Waals surface area contributed by atoms with Gasteiger partial charge in [0.15, 0.2) is 0 Å². The van der Waals surface area contributed by atoms with E-state index in [1.165, 1.54) is 0 Å². The predicted octanol–water partition coefficient (Wildman–Crippen LogP) is 5.67. The fourth-order valence-corrected chi connectivity index (χ4v) is 2.93. The highest BCUT2D eigenvalue weighted by molar-refractivity contribution is 6.35. The number of hydrogen-bond acceptors (Lipinski definition) is 2. The van der Waals surface area contributed by atoms with E-state index in [9.17, 15) is 0 Å².